The van der Waals surface area contributed by atoms with Crippen LogP contribution in [0.3, 0.4) is 0 Å². The summed E-state index contributed by atoms with van der Waals surface area (Å²) < 4.78 is 4.97. The summed E-state index contributed by atoms with van der Waals surface area (Å²) in [5.74, 6) is 0.275. The van der Waals surface area contributed by atoms with Gasteiger partial charge in [-0.2, -0.15) is 0 Å². The zero-order valence-electron chi connectivity index (χ0n) is 32.2. The number of para-hydroxylation sites is 2. The molecule has 1 aliphatic heterocycles. The molecule has 1 unspecified atom stereocenters. The van der Waals surface area contributed by atoms with Crippen molar-refractivity contribution in [1.29, 1.82) is 0 Å². The highest BCUT2D eigenvalue weighted by molar-refractivity contribution is 6.18. The second-order valence-electron chi connectivity index (χ2n) is 16.1. The van der Waals surface area contributed by atoms with Crippen LogP contribution in [0, 0.1) is 5.92 Å². The Morgan fingerprint density at radius 1 is 0.356 bits per heavy atom. The van der Waals surface area contributed by atoms with Crippen LogP contribution in [0.25, 0.3) is 111 Å². The maximum atomic E-state index is 2.51. The molecule has 0 fully saturated rings. The lowest BCUT2D eigenvalue weighted by Crippen LogP contribution is -2.07. The van der Waals surface area contributed by atoms with Crippen LogP contribution in [0.4, 0.5) is 0 Å². The van der Waals surface area contributed by atoms with Gasteiger partial charge in [-0.05, 0) is 105 Å². The van der Waals surface area contributed by atoms with E-state index in [2.05, 4.69) is 222 Å². The molecule has 0 N–H and O–H groups in total. The van der Waals surface area contributed by atoms with Crippen LogP contribution < -0.4 is 0 Å². The Balaban J connectivity index is 0.944. The predicted molar refractivity (Wildman–Crippen MR) is 249 cm³/mol. The number of aromatic nitrogens is 2. The normalized spacial score (nSPS) is 15.0. The first-order valence-electron chi connectivity index (χ1n) is 20.5. The van der Waals surface area contributed by atoms with Crippen LogP contribution in [0.2, 0.25) is 0 Å². The molecule has 3 aliphatic rings. The lowest BCUT2D eigenvalue weighted by molar-refractivity contribution is 0.961. The molecule has 2 heteroatoms. The molecule has 59 heavy (non-hydrogen) atoms. The van der Waals surface area contributed by atoms with E-state index in [0.29, 0.717) is 0 Å². The molecule has 0 saturated carbocycles. The van der Waals surface area contributed by atoms with Crippen LogP contribution in [0.1, 0.15) is 0 Å². The van der Waals surface area contributed by atoms with E-state index >= 15 is 0 Å². The number of hydrogen-bond acceptors (Lipinski definition) is 0. The third-order valence-electron chi connectivity index (χ3n) is 12.9. The fourth-order valence-electron chi connectivity index (χ4n) is 10.2. The lowest BCUT2D eigenvalue weighted by Gasteiger charge is -2.19. The summed E-state index contributed by atoms with van der Waals surface area (Å²) >= 11 is 0. The maximum Gasteiger partial charge on any atom is 0.0620 e. The Morgan fingerprint density at radius 2 is 0.932 bits per heavy atom. The topological polar surface area (TPSA) is 9.86 Å². The van der Waals surface area contributed by atoms with Crippen molar-refractivity contribution in [2.45, 2.75) is 0 Å². The fraction of sp³-hybridized carbons (Fsp3) is 0.0175. The van der Waals surface area contributed by atoms with E-state index in [1.807, 2.05) is 0 Å². The van der Waals surface area contributed by atoms with Crippen molar-refractivity contribution in [3.8, 4) is 61.3 Å². The average Bonchev–Trinajstić information content (AvgIpc) is 3.96. The fourth-order valence-corrected chi connectivity index (χ4v) is 10.2. The monoisotopic (exact) mass is 748 g/mol. The molecular weight excluding hydrogens is 713 g/mol. The van der Waals surface area contributed by atoms with E-state index in [1.165, 1.54) is 116 Å². The standard InChI is InChI=1S/C57H36N2/c1-2-12-36(13-3-1)40-28-31-56-48(32-40)44-16-6-7-17-45(44)50-34-42(35-51-47-19-9-11-21-53(47)59(56)57(50)51)38-24-22-37(23-25-38)41-27-30-55-49(33-41)46-18-8-10-20-52(46)58(55)54-29-26-39-14-4-5-15-43(39)54/h1-35,43H. The molecule has 0 bridgehead atoms. The molecule has 2 nitrogen and oxygen atoms in total. The van der Waals surface area contributed by atoms with Gasteiger partial charge in [-0.15, -0.1) is 0 Å². The van der Waals surface area contributed by atoms with Crippen LogP contribution in [0.5, 0.6) is 0 Å². The molecule has 0 spiro atoms. The minimum absolute atomic E-state index is 0.275. The molecule has 2 aromatic heterocycles. The first-order valence-corrected chi connectivity index (χ1v) is 20.5. The molecule has 10 aromatic rings. The van der Waals surface area contributed by atoms with Crippen molar-refractivity contribution in [3.05, 3.63) is 218 Å². The van der Waals surface area contributed by atoms with Crippen molar-refractivity contribution in [2.24, 2.45) is 5.92 Å². The summed E-state index contributed by atoms with van der Waals surface area (Å²) in [5.41, 5.74) is 21.2. The zero-order valence-corrected chi connectivity index (χ0v) is 32.2. The van der Waals surface area contributed by atoms with Crippen LogP contribution in [-0.2, 0) is 0 Å². The Hall–Kier alpha value is -7.68. The maximum absolute atomic E-state index is 2.51. The van der Waals surface area contributed by atoms with Crippen molar-refractivity contribution in [2.75, 3.05) is 0 Å². The number of nitrogens with zero attached hydrogens (tertiary/aromatic N) is 2. The Morgan fingerprint density at radius 3 is 1.75 bits per heavy atom. The lowest BCUT2D eigenvalue weighted by atomic mass is 9.90. The third-order valence-corrected chi connectivity index (χ3v) is 12.9. The molecule has 0 saturated heterocycles. The smallest absolute Gasteiger partial charge is 0.0620 e. The first kappa shape index (κ1) is 32.4. The zero-order chi connectivity index (χ0) is 38.6. The first-order chi connectivity index (χ1) is 29.3. The highest BCUT2D eigenvalue weighted by Crippen LogP contribution is 2.49. The molecular formula is C57H36N2. The molecule has 274 valence electrons. The van der Waals surface area contributed by atoms with E-state index in [0.717, 1.165) is 0 Å². The Labute approximate surface area is 342 Å². The van der Waals surface area contributed by atoms with Gasteiger partial charge in [0.2, 0.25) is 0 Å². The number of rotatable bonds is 4. The quantitative estimate of drug-likeness (QED) is 0.170. The van der Waals surface area contributed by atoms with Gasteiger partial charge < -0.3 is 9.13 Å². The van der Waals surface area contributed by atoms with Gasteiger partial charge in [-0.3, -0.25) is 0 Å². The van der Waals surface area contributed by atoms with Gasteiger partial charge in [0, 0.05) is 44.3 Å². The van der Waals surface area contributed by atoms with Gasteiger partial charge in [0.15, 0.2) is 0 Å². The second-order valence-corrected chi connectivity index (χ2v) is 16.1. The highest BCUT2D eigenvalue weighted by atomic mass is 15.0. The van der Waals surface area contributed by atoms with Crippen LogP contribution >= 0.6 is 0 Å². The van der Waals surface area contributed by atoms with Gasteiger partial charge in [0.25, 0.3) is 0 Å². The van der Waals surface area contributed by atoms with E-state index in [-0.39, 0.29) is 5.92 Å². The summed E-state index contributed by atoms with van der Waals surface area (Å²) in [4.78, 5) is 0. The largest absolute Gasteiger partial charge is 0.312 e. The van der Waals surface area contributed by atoms with Gasteiger partial charge >= 0.3 is 0 Å². The van der Waals surface area contributed by atoms with E-state index < -0.39 is 0 Å². The molecule has 0 amide bonds. The second kappa shape index (κ2) is 12.4. The van der Waals surface area contributed by atoms with E-state index in [1.54, 1.807) is 0 Å². The van der Waals surface area contributed by atoms with Crippen molar-refractivity contribution in [1.82, 2.24) is 9.13 Å². The van der Waals surface area contributed by atoms with Crippen molar-refractivity contribution in [3.63, 3.8) is 0 Å². The summed E-state index contributed by atoms with van der Waals surface area (Å²) in [6.07, 6.45) is 13.4. The summed E-state index contributed by atoms with van der Waals surface area (Å²) in [6, 6.07) is 65.4. The SMILES string of the molecule is C1=CC2=CC=C(n3c4ccccc4c4cc(-c5ccc(-c6cc7c8c(c6)c6ccccc6n8-c6ccc(-c8ccccc8)cc6-c6ccccc6-7)cc5)ccc43)C2C=C1. The average molecular weight is 749 g/mol. The minimum Gasteiger partial charge on any atom is -0.312 e. The molecule has 2 aliphatic carbocycles. The Kier molecular flexibility index (Phi) is 6.82. The number of allylic oxidation sites excluding steroid dienone is 8. The van der Waals surface area contributed by atoms with Crippen molar-refractivity contribution < 1.29 is 0 Å². The minimum atomic E-state index is 0.275. The summed E-state index contributed by atoms with van der Waals surface area (Å²) in [6.45, 7) is 0. The summed E-state index contributed by atoms with van der Waals surface area (Å²) in [5, 5.41) is 5.10. The number of hydrogen-bond donors (Lipinski definition) is 0. The summed E-state index contributed by atoms with van der Waals surface area (Å²) in [7, 11) is 0. The van der Waals surface area contributed by atoms with Crippen LogP contribution in [0.15, 0.2) is 218 Å². The van der Waals surface area contributed by atoms with Crippen LogP contribution in [-0.4, -0.2) is 9.13 Å². The van der Waals surface area contributed by atoms with Crippen molar-refractivity contribution >= 4 is 49.3 Å². The predicted octanol–water partition coefficient (Wildman–Crippen LogP) is 15.1. The number of benzene rings is 8. The molecule has 8 aromatic carbocycles. The van der Waals surface area contributed by atoms with Gasteiger partial charge in [0.1, 0.15) is 0 Å². The van der Waals surface area contributed by atoms with E-state index in [9.17, 15) is 0 Å². The third kappa shape index (κ3) is 4.75. The van der Waals surface area contributed by atoms with Gasteiger partial charge in [0.05, 0.1) is 27.8 Å². The molecule has 13 rings (SSSR count). The highest BCUT2D eigenvalue weighted by Gasteiger charge is 2.27. The van der Waals surface area contributed by atoms with Gasteiger partial charge in [-0.25, -0.2) is 0 Å². The number of fused-ring (bicyclic) bond motifs is 12. The molecule has 3 heterocycles. The Bertz CT molecular complexity index is 3530. The van der Waals surface area contributed by atoms with Gasteiger partial charge in [-0.1, -0.05) is 158 Å². The van der Waals surface area contributed by atoms with E-state index in [4.69, 9.17) is 0 Å². The molecule has 1 atom stereocenters. The molecule has 0 radical (unpaired) electrons.